The third-order valence-electron chi connectivity index (χ3n) is 3.11. The normalized spacial score (nSPS) is 10.3. The molecule has 1 heterocycles. The van der Waals surface area contributed by atoms with Gasteiger partial charge in [-0.2, -0.15) is 0 Å². The summed E-state index contributed by atoms with van der Waals surface area (Å²) in [6.45, 7) is 0. The first-order valence-electron chi connectivity index (χ1n) is 6.42. The number of carbonyl (C=O) groups is 1. The fraction of sp³-hybridized carbons (Fsp3) is 0. The average molecular weight is 297 g/mol. The molecule has 0 aliphatic carbocycles. The van der Waals surface area contributed by atoms with Crippen molar-refractivity contribution in [3.05, 3.63) is 71.4 Å². The van der Waals surface area contributed by atoms with E-state index in [1.807, 2.05) is 29.6 Å². The number of nitrogens with one attached hydrogen (secondary N) is 1. The van der Waals surface area contributed by atoms with E-state index in [0.717, 1.165) is 22.4 Å². The Kier molecular flexibility index (Phi) is 3.79. The Morgan fingerprint density at radius 1 is 1.05 bits per heavy atom. The highest BCUT2D eigenvalue weighted by Gasteiger charge is 2.06. The first kappa shape index (κ1) is 13.5. The van der Waals surface area contributed by atoms with E-state index in [-0.39, 0.29) is 5.82 Å². The van der Waals surface area contributed by atoms with Crippen LogP contribution in [0.25, 0.3) is 10.4 Å². The topological polar surface area (TPSA) is 29.1 Å². The highest BCUT2D eigenvalue weighted by Crippen LogP contribution is 2.30. The summed E-state index contributed by atoms with van der Waals surface area (Å²) < 4.78 is 12.9. The van der Waals surface area contributed by atoms with Gasteiger partial charge in [0.1, 0.15) is 5.82 Å². The Labute approximate surface area is 125 Å². The van der Waals surface area contributed by atoms with Crippen molar-refractivity contribution in [2.75, 3.05) is 5.32 Å². The highest BCUT2D eigenvalue weighted by atomic mass is 32.1. The predicted octanol–water partition coefficient (Wildman–Crippen LogP) is 5.11. The molecule has 0 radical (unpaired) electrons. The van der Waals surface area contributed by atoms with E-state index in [1.165, 1.54) is 12.1 Å². The lowest BCUT2D eigenvalue weighted by molar-refractivity contribution is 0.112. The quantitative estimate of drug-likeness (QED) is 0.678. The van der Waals surface area contributed by atoms with Crippen molar-refractivity contribution in [1.82, 2.24) is 0 Å². The predicted molar refractivity (Wildman–Crippen MR) is 84.8 cm³/mol. The third kappa shape index (κ3) is 3.01. The number of aldehydes is 1. The molecule has 104 valence electrons. The maximum atomic E-state index is 12.9. The van der Waals surface area contributed by atoms with Crippen LogP contribution in [0.2, 0.25) is 0 Å². The second-order valence-electron chi connectivity index (χ2n) is 4.53. The minimum absolute atomic E-state index is 0.288. The Balaban J connectivity index is 1.97. The Morgan fingerprint density at radius 2 is 1.86 bits per heavy atom. The molecule has 0 amide bonds. The van der Waals surface area contributed by atoms with E-state index >= 15 is 0 Å². The molecule has 0 atom stereocenters. The second-order valence-corrected chi connectivity index (χ2v) is 5.48. The lowest BCUT2D eigenvalue weighted by Gasteiger charge is -2.10. The van der Waals surface area contributed by atoms with Crippen molar-refractivity contribution in [3.8, 4) is 10.4 Å². The molecular formula is C17H12FNOS. The first-order chi connectivity index (χ1) is 10.3. The SMILES string of the molecule is O=Cc1ccc(-c2cccs2)cc1Nc1ccc(F)cc1. The first-order valence-corrected chi connectivity index (χ1v) is 7.30. The molecule has 2 aromatic carbocycles. The smallest absolute Gasteiger partial charge is 0.152 e. The van der Waals surface area contributed by atoms with Gasteiger partial charge in [0.15, 0.2) is 6.29 Å². The zero-order valence-electron chi connectivity index (χ0n) is 11.0. The van der Waals surface area contributed by atoms with Gasteiger partial charge in [-0.1, -0.05) is 12.1 Å². The minimum atomic E-state index is -0.288. The van der Waals surface area contributed by atoms with Crippen molar-refractivity contribution in [2.24, 2.45) is 0 Å². The molecule has 0 aliphatic heterocycles. The molecule has 1 N–H and O–H groups in total. The number of hydrogen-bond acceptors (Lipinski definition) is 3. The van der Waals surface area contributed by atoms with Crippen LogP contribution in [0.4, 0.5) is 15.8 Å². The molecule has 3 rings (SSSR count). The van der Waals surface area contributed by atoms with Gasteiger partial charge < -0.3 is 5.32 Å². The number of anilines is 2. The molecule has 0 saturated carbocycles. The standard InChI is InChI=1S/C17H12FNOS/c18-14-5-7-15(8-6-14)19-16-10-12(3-4-13(16)11-20)17-2-1-9-21-17/h1-11,19H. The Hall–Kier alpha value is -2.46. The molecule has 21 heavy (non-hydrogen) atoms. The van der Waals surface area contributed by atoms with Crippen molar-refractivity contribution in [3.63, 3.8) is 0 Å². The fourth-order valence-corrected chi connectivity index (χ4v) is 2.78. The largest absolute Gasteiger partial charge is 0.355 e. The van der Waals surface area contributed by atoms with Crippen LogP contribution in [0.15, 0.2) is 60.0 Å². The van der Waals surface area contributed by atoms with E-state index in [2.05, 4.69) is 5.32 Å². The van der Waals surface area contributed by atoms with Gasteiger partial charge in [0.05, 0.1) is 0 Å². The van der Waals surface area contributed by atoms with E-state index in [1.54, 1.807) is 29.5 Å². The van der Waals surface area contributed by atoms with Crippen molar-refractivity contribution >= 4 is 29.0 Å². The monoisotopic (exact) mass is 297 g/mol. The van der Waals surface area contributed by atoms with Crippen LogP contribution >= 0.6 is 11.3 Å². The number of hydrogen-bond donors (Lipinski definition) is 1. The van der Waals surface area contributed by atoms with Crippen LogP contribution < -0.4 is 5.32 Å². The fourth-order valence-electron chi connectivity index (χ4n) is 2.05. The maximum absolute atomic E-state index is 12.9. The molecule has 0 fully saturated rings. The van der Waals surface area contributed by atoms with Gasteiger partial charge in [0.2, 0.25) is 0 Å². The molecule has 0 unspecified atom stereocenters. The molecule has 0 saturated heterocycles. The van der Waals surface area contributed by atoms with E-state index in [0.29, 0.717) is 11.3 Å². The molecule has 2 nitrogen and oxygen atoms in total. The lowest BCUT2D eigenvalue weighted by atomic mass is 10.1. The van der Waals surface area contributed by atoms with Gasteiger partial charge >= 0.3 is 0 Å². The summed E-state index contributed by atoms with van der Waals surface area (Å²) in [6, 6.07) is 15.7. The van der Waals surface area contributed by atoms with Crippen LogP contribution in [-0.4, -0.2) is 6.29 Å². The van der Waals surface area contributed by atoms with Crippen LogP contribution in [-0.2, 0) is 0 Å². The van der Waals surface area contributed by atoms with Gasteiger partial charge in [-0.3, -0.25) is 4.79 Å². The molecule has 1 aromatic heterocycles. The molecule has 0 bridgehead atoms. The lowest BCUT2D eigenvalue weighted by Crippen LogP contribution is -1.96. The van der Waals surface area contributed by atoms with Gasteiger partial charge in [0.25, 0.3) is 0 Å². The Bertz CT molecular complexity index is 751. The van der Waals surface area contributed by atoms with E-state index in [4.69, 9.17) is 0 Å². The highest BCUT2D eigenvalue weighted by molar-refractivity contribution is 7.13. The number of thiophene rings is 1. The summed E-state index contributed by atoms with van der Waals surface area (Å²) >= 11 is 1.64. The molecule has 0 spiro atoms. The minimum Gasteiger partial charge on any atom is -0.355 e. The van der Waals surface area contributed by atoms with Crippen molar-refractivity contribution in [1.29, 1.82) is 0 Å². The van der Waals surface area contributed by atoms with Gasteiger partial charge in [0, 0.05) is 21.8 Å². The van der Waals surface area contributed by atoms with Crippen LogP contribution in [0.3, 0.4) is 0 Å². The Morgan fingerprint density at radius 3 is 2.52 bits per heavy atom. The maximum Gasteiger partial charge on any atom is 0.152 e. The van der Waals surface area contributed by atoms with Crippen molar-refractivity contribution < 1.29 is 9.18 Å². The summed E-state index contributed by atoms with van der Waals surface area (Å²) in [5, 5.41) is 5.17. The van der Waals surface area contributed by atoms with E-state index < -0.39 is 0 Å². The van der Waals surface area contributed by atoms with Crippen molar-refractivity contribution in [2.45, 2.75) is 0 Å². The molecular weight excluding hydrogens is 285 g/mol. The van der Waals surface area contributed by atoms with Gasteiger partial charge in [-0.15, -0.1) is 11.3 Å². The third-order valence-corrected chi connectivity index (χ3v) is 4.03. The van der Waals surface area contributed by atoms with Crippen LogP contribution in [0.1, 0.15) is 10.4 Å². The molecule has 0 aliphatic rings. The number of benzene rings is 2. The van der Waals surface area contributed by atoms with Crippen LogP contribution in [0.5, 0.6) is 0 Å². The van der Waals surface area contributed by atoms with Crippen LogP contribution in [0, 0.1) is 5.82 Å². The number of carbonyl (C=O) groups excluding carboxylic acids is 1. The van der Waals surface area contributed by atoms with E-state index in [9.17, 15) is 9.18 Å². The zero-order chi connectivity index (χ0) is 14.7. The summed E-state index contributed by atoms with van der Waals surface area (Å²) in [6.07, 6.45) is 0.810. The number of halogens is 1. The average Bonchev–Trinajstić information content (AvgIpc) is 3.04. The summed E-state index contributed by atoms with van der Waals surface area (Å²) in [5.74, 6) is -0.288. The second kappa shape index (κ2) is 5.89. The summed E-state index contributed by atoms with van der Waals surface area (Å²) in [5.41, 5.74) is 3.06. The van der Waals surface area contributed by atoms with Gasteiger partial charge in [-0.25, -0.2) is 4.39 Å². The summed E-state index contributed by atoms with van der Waals surface area (Å²) in [7, 11) is 0. The number of rotatable bonds is 4. The van der Waals surface area contributed by atoms with Gasteiger partial charge in [-0.05, 0) is 53.4 Å². The molecule has 3 aromatic rings. The molecule has 4 heteroatoms. The zero-order valence-corrected chi connectivity index (χ0v) is 11.9. The summed E-state index contributed by atoms with van der Waals surface area (Å²) in [4.78, 5) is 12.3.